The Morgan fingerprint density at radius 2 is 2.09 bits per heavy atom. The van der Waals surface area contributed by atoms with E-state index in [0.717, 1.165) is 16.7 Å². The summed E-state index contributed by atoms with van der Waals surface area (Å²) in [5.41, 5.74) is 4.49. The maximum absolute atomic E-state index is 4.40. The van der Waals surface area contributed by atoms with Gasteiger partial charge in [0.1, 0.15) is 0 Å². The number of H-pyrrole nitrogens is 1. The second kappa shape index (κ2) is 2.09. The average Bonchev–Trinajstić information content (AvgIpc) is 2.33. The summed E-state index contributed by atoms with van der Waals surface area (Å²) in [6.45, 7) is 4.07. The van der Waals surface area contributed by atoms with E-state index in [0.29, 0.717) is 0 Å². The Labute approximate surface area is 65.3 Å². The Bertz CT molecular complexity index is 387. The number of hydrogen-bond donors (Lipinski definition) is 1. The summed E-state index contributed by atoms with van der Waals surface area (Å²) < 4.78 is 0. The molecule has 2 heteroatoms. The van der Waals surface area contributed by atoms with E-state index in [1.165, 1.54) is 5.56 Å². The monoisotopic (exact) mass is 146 g/mol. The average molecular weight is 146 g/mol. The maximum Gasteiger partial charge on any atom is 0.0911 e. The van der Waals surface area contributed by atoms with Crippen molar-refractivity contribution in [1.82, 2.24) is 9.97 Å². The molecule has 0 spiro atoms. The molecule has 2 rings (SSSR count). The Morgan fingerprint density at radius 1 is 1.27 bits per heavy atom. The van der Waals surface area contributed by atoms with Gasteiger partial charge in [-0.05, 0) is 31.5 Å². The Morgan fingerprint density at radius 3 is 2.91 bits per heavy atom. The summed E-state index contributed by atoms with van der Waals surface area (Å²) >= 11 is 0. The van der Waals surface area contributed by atoms with E-state index >= 15 is 0 Å². The zero-order chi connectivity index (χ0) is 7.84. The van der Waals surface area contributed by atoms with E-state index in [9.17, 15) is 0 Å². The van der Waals surface area contributed by atoms with Crippen LogP contribution < -0.4 is 0 Å². The number of pyridine rings is 1. The topological polar surface area (TPSA) is 28.7 Å². The van der Waals surface area contributed by atoms with Crippen LogP contribution in [0.5, 0.6) is 0 Å². The van der Waals surface area contributed by atoms with E-state index in [2.05, 4.69) is 23.0 Å². The fraction of sp³-hybridized carbons (Fsp3) is 0.222. The molecule has 2 aromatic heterocycles. The first-order chi connectivity index (χ1) is 5.27. The lowest BCUT2D eigenvalue weighted by atomic mass is 10.3. The number of rotatable bonds is 0. The lowest BCUT2D eigenvalue weighted by Gasteiger charge is -1.92. The molecule has 0 saturated carbocycles. The normalized spacial score (nSPS) is 10.7. The van der Waals surface area contributed by atoms with E-state index in [-0.39, 0.29) is 0 Å². The van der Waals surface area contributed by atoms with Crippen LogP contribution in [0.15, 0.2) is 18.3 Å². The molecule has 11 heavy (non-hydrogen) atoms. The van der Waals surface area contributed by atoms with Crippen molar-refractivity contribution in [3.8, 4) is 0 Å². The number of hydrogen-bond acceptors (Lipinski definition) is 1. The molecule has 0 fully saturated rings. The fourth-order valence-electron chi connectivity index (χ4n) is 1.23. The van der Waals surface area contributed by atoms with Crippen LogP contribution in [0.1, 0.15) is 11.3 Å². The predicted molar refractivity (Wildman–Crippen MR) is 45.6 cm³/mol. The standard InChI is InChI=1S/C9H10N2/c1-6-5-10-8-4-3-7(2)11-9(6)8/h3-5,10H,1-2H3. The van der Waals surface area contributed by atoms with Gasteiger partial charge in [0.2, 0.25) is 0 Å². The van der Waals surface area contributed by atoms with Gasteiger partial charge in [-0.15, -0.1) is 0 Å². The molecule has 0 saturated heterocycles. The zero-order valence-electron chi connectivity index (χ0n) is 6.68. The summed E-state index contributed by atoms with van der Waals surface area (Å²) in [6.07, 6.45) is 1.98. The smallest absolute Gasteiger partial charge is 0.0911 e. The number of aromatic amines is 1. The number of aryl methyl sites for hydroxylation is 2. The molecule has 0 bridgehead atoms. The highest BCUT2D eigenvalue weighted by Gasteiger charge is 1.98. The van der Waals surface area contributed by atoms with E-state index < -0.39 is 0 Å². The highest BCUT2D eigenvalue weighted by Crippen LogP contribution is 2.14. The fourth-order valence-corrected chi connectivity index (χ4v) is 1.23. The molecule has 0 aliphatic carbocycles. The first-order valence-corrected chi connectivity index (χ1v) is 3.69. The van der Waals surface area contributed by atoms with Crippen LogP contribution in [-0.2, 0) is 0 Å². The van der Waals surface area contributed by atoms with Gasteiger partial charge in [-0.2, -0.15) is 0 Å². The summed E-state index contributed by atoms with van der Waals surface area (Å²) in [6, 6.07) is 4.07. The Hall–Kier alpha value is -1.31. The molecule has 0 aliphatic heterocycles. The van der Waals surface area contributed by atoms with Gasteiger partial charge in [0.05, 0.1) is 11.0 Å². The molecule has 0 unspecified atom stereocenters. The third-order valence-electron chi connectivity index (χ3n) is 1.85. The molecule has 0 radical (unpaired) electrons. The summed E-state index contributed by atoms with van der Waals surface area (Å²) in [5, 5.41) is 0. The molecule has 2 aromatic rings. The van der Waals surface area contributed by atoms with Crippen molar-refractivity contribution >= 4 is 11.0 Å². The third kappa shape index (κ3) is 0.909. The molecule has 2 heterocycles. The van der Waals surface area contributed by atoms with Gasteiger partial charge in [-0.1, -0.05) is 0 Å². The minimum atomic E-state index is 1.07. The molecule has 0 amide bonds. The first-order valence-electron chi connectivity index (χ1n) is 3.69. The molecule has 2 nitrogen and oxygen atoms in total. The minimum Gasteiger partial charge on any atom is -0.360 e. The van der Waals surface area contributed by atoms with Gasteiger partial charge in [0, 0.05) is 11.9 Å². The van der Waals surface area contributed by atoms with Crippen molar-refractivity contribution in [3.63, 3.8) is 0 Å². The van der Waals surface area contributed by atoms with Gasteiger partial charge in [0.15, 0.2) is 0 Å². The predicted octanol–water partition coefficient (Wildman–Crippen LogP) is 2.18. The Balaban J connectivity index is 2.87. The molecule has 0 aliphatic rings. The number of aromatic nitrogens is 2. The van der Waals surface area contributed by atoms with Gasteiger partial charge in [0.25, 0.3) is 0 Å². The van der Waals surface area contributed by atoms with Crippen molar-refractivity contribution in [3.05, 3.63) is 29.6 Å². The zero-order valence-corrected chi connectivity index (χ0v) is 6.68. The van der Waals surface area contributed by atoms with Crippen LogP contribution in [0.3, 0.4) is 0 Å². The number of nitrogens with zero attached hydrogens (tertiary/aromatic N) is 1. The van der Waals surface area contributed by atoms with Crippen LogP contribution >= 0.6 is 0 Å². The maximum atomic E-state index is 4.40. The van der Waals surface area contributed by atoms with E-state index in [1.807, 2.05) is 19.2 Å². The third-order valence-corrected chi connectivity index (χ3v) is 1.85. The number of nitrogens with one attached hydrogen (secondary N) is 1. The highest BCUT2D eigenvalue weighted by molar-refractivity contribution is 5.78. The van der Waals surface area contributed by atoms with Crippen LogP contribution in [0.2, 0.25) is 0 Å². The van der Waals surface area contributed by atoms with Crippen LogP contribution in [0, 0.1) is 13.8 Å². The summed E-state index contributed by atoms with van der Waals surface area (Å²) in [7, 11) is 0. The van der Waals surface area contributed by atoms with Crippen molar-refractivity contribution < 1.29 is 0 Å². The van der Waals surface area contributed by atoms with Gasteiger partial charge < -0.3 is 4.98 Å². The molecule has 0 atom stereocenters. The van der Waals surface area contributed by atoms with Crippen molar-refractivity contribution in [2.75, 3.05) is 0 Å². The van der Waals surface area contributed by atoms with Crippen LogP contribution in [0.4, 0.5) is 0 Å². The minimum absolute atomic E-state index is 1.07. The van der Waals surface area contributed by atoms with Crippen LogP contribution in [0.25, 0.3) is 11.0 Å². The van der Waals surface area contributed by atoms with Crippen LogP contribution in [-0.4, -0.2) is 9.97 Å². The lowest BCUT2D eigenvalue weighted by molar-refractivity contribution is 1.25. The number of fused-ring (bicyclic) bond motifs is 1. The molecule has 1 N–H and O–H groups in total. The molecular weight excluding hydrogens is 136 g/mol. The quantitative estimate of drug-likeness (QED) is 0.606. The second-order valence-electron chi connectivity index (χ2n) is 2.82. The summed E-state index contributed by atoms with van der Waals surface area (Å²) in [4.78, 5) is 7.56. The SMILES string of the molecule is Cc1ccc2[nH]cc(C)c2n1. The second-order valence-corrected chi connectivity index (χ2v) is 2.82. The van der Waals surface area contributed by atoms with Crippen molar-refractivity contribution in [1.29, 1.82) is 0 Å². The largest absolute Gasteiger partial charge is 0.360 e. The highest BCUT2D eigenvalue weighted by atomic mass is 14.8. The Kier molecular flexibility index (Phi) is 1.22. The van der Waals surface area contributed by atoms with Gasteiger partial charge in [-0.3, -0.25) is 4.98 Å². The molecule has 56 valence electrons. The van der Waals surface area contributed by atoms with E-state index in [1.54, 1.807) is 0 Å². The van der Waals surface area contributed by atoms with E-state index in [4.69, 9.17) is 0 Å². The first kappa shape index (κ1) is 6.40. The van der Waals surface area contributed by atoms with Gasteiger partial charge >= 0.3 is 0 Å². The van der Waals surface area contributed by atoms with Gasteiger partial charge in [-0.25, -0.2) is 0 Å². The van der Waals surface area contributed by atoms with Crippen molar-refractivity contribution in [2.45, 2.75) is 13.8 Å². The lowest BCUT2D eigenvalue weighted by Crippen LogP contribution is -1.80. The summed E-state index contributed by atoms with van der Waals surface area (Å²) in [5.74, 6) is 0. The van der Waals surface area contributed by atoms with Crippen molar-refractivity contribution in [2.24, 2.45) is 0 Å². The molecule has 0 aromatic carbocycles. The molecular formula is C9H10N2.